The molecule has 18 heavy (non-hydrogen) atoms. The molecule has 0 aliphatic carbocycles. The number of carbonyl (C=O) groups is 1. The number of hydrogen-bond donors (Lipinski definition) is 0. The lowest BCUT2D eigenvalue weighted by Crippen LogP contribution is -2.48. The van der Waals surface area contributed by atoms with Gasteiger partial charge in [-0.05, 0) is 45.6 Å². The van der Waals surface area contributed by atoms with E-state index in [2.05, 4.69) is 49.9 Å². The van der Waals surface area contributed by atoms with Gasteiger partial charge in [-0.3, -0.25) is 4.79 Å². The molecule has 2 heteroatoms. The Labute approximate surface area is 110 Å². The van der Waals surface area contributed by atoms with Crippen LogP contribution in [0.25, 0.3) is 0 Å². The Hall–Kier alpha value is -1.31. The minimum Gasteiger partial charge on any atom is -0.337 e. The molecule has 2 nitrogen and oxygen atoms in total. The van der Waals surface area contributed by atoms with Gasteiger partial charge in [-0.1, -0.05) is 29.8 Å². The molecule has 1 aromatic rings. The molecular formula is C16H23NO. The Bertz CT molecular complexity index is 400. The number of piperidine rings is 1. The Morgan fingerprint density at radius 3 is 2.28 bits per heavy atom. The summed E-state index contributed by atoms with van der Waals surface area (Å²) in [6.07, 6.45) is 4.07. The maximum atomic E-state index is 12.4. The third kappa shape index (κ3) is 2.92. The van der Waals surface area contributed by atoms with Crippen molar-refractivity contribution in [1.82, 2.24) is 4.90 Å². The number of likely N-dealkylation sites (tertiary alicyclic amines) is 1. The zero-order valence-electron chi connectivity index (χ0n) is 11.6. The first kappa shape index (κ1) is 13.1. The largest absolute Gasteiger partial charge is 0.337 e. The number of aryl methyl sites for hydroxylation is 1. The summed E-state index contributed by atoms with van der Waals surface area (Å²) < 4.78 is 0. The highest BCUT2D eigenvalue weighted by Gasteiger charge is 2.28. The van der Waals surface area contributed by atoms with E-state index in [1.54, 1.807) is 0 Å². The summed E-state index contributed by atoms with van der Waals surface area (Å²) in [5, 5.41) is 0. The second-order valence-electron chi connectivity index (χ2n) is 5.59. The molecule has 1 aromatic carbocycles. The van der Waals surface area contributed by atoms with Gasteiger partial charge in [-0.25, -0.2) is 0 Å². The van der Waals surface area contributed by atoms with E-state index < -0.39 is 0 Å². The highest BCUT2D eigenvalue weighted by Crippen LogP contribution is 2.23. The van der Waals surface area contributed by atoms with Crippen molar-refractivity contribution in [3.05, 3.63) is 35.4 Å². The molecule has 98 valence electrons. The van der Waals surface area contributed by atoms with Gasteiger partial charge in [0.1, 0.15) is 0 Å². The summed E-state index contributed by atoms with van der Waals surface area (Å²) in [6, 6.07) is 9.06. The Morgan fingerprint density at radius 2 is 1.72 bits per heavy atom. The molecule has 2 atom stereocenters. The van der Waals surface area contributed by atoms with E-state index in [0.29, 0.717) is 18.5 Å². The van der Waals surface area contributed by atoms with Gasteiger partial charge in [0.15, 0.2) is 0 Å². The second kappa shape index (κ2) is 5.55. The first-order chi connectivity index (χ1) is 8.58. The molecule has 0 saturated carbocycles. The van der Waals surface area contributed by atoms with Gasteiger partial charge in [0.2, 0.25) is 5.91 Å². The van der Waals surface area contributed by atoms with Crippen LogP contribution in [0.4, 0.5) is 0 Å². The van der Waals surface area contributed by atoms with Crippen molar-refractivity contribution in [2.75, 3.05) is 0 Å². The molecule has 2 rings (SSSR count). The molecule has 0 aromatic heterocycles. The summed E-state index contributed by atoms with van der Waals surface area (Å²) in [7, 11) is 0. The highest BCUT2D eigenvalue weighted by molar-refractivity contribution is 5.79. The van der Waals surface area contributed by atoms with Crippen molar-refractivity contribution in [2.45, 2.75) is 58.5 Å². The predicted molar refractivity (Wildman–Crippen MR) is 74.5 cm³/mol. The minimum atomic E-state index is 0.276. The van der Waals surface area contributed by atoms with E-state index in [0.717, 1.165) is 18.4 Å². The lowest BCUT2D eigenvalue weighted by Gasteiger charge is -2.39. The normalized spacial score (nSPS) is 24.1. The van der Waals surface area contributed by atoms with Crippen LogP contribution in [0.2, 0.25) is 0 Å². The number of hydrogen-bond acceptors (Lipinski definition) is 1. The molecule has 2 unspecified atom stereocenters. The SMILES string of the molecule is Cc1ccc(CC(=O)N2C(C)CCCC2C)cc1. The fraction of sp³-hybridized carbons (Fsp3) is 0.562. The van der Waals surface area contributed by atoms with Gasteiger partial charge in [-0.2, -0.15) is 0 Å². The highest BCUT2D eigenvalue weighted by atomic mass is 16.2. The molecule has 1 saturated heterocycles. The van der Waals surface area contributed by atoms with Crippen molar-refractivity contribution in [1.29, 1.82) is 0 Å². The van der Waals surface area contributed by atoms with Crippen LogP contribution in [0.1, 0.15) is 44.2 Å². The lowest BCUT2D eigenvalue weighted by atomic mass is 9.96. The van der Waals surface area contributed by atoms with E-state index in [-0.39, 0.29) is 5.91 Å². The zero-order valence-corrected chi connectivity index (χ0v) is 11.6. The molecule has 1 fully saturated rings. The molecule has 1 heterocycles. The molecule has 0 N–H and O–H groups in total. The fourth-order valence-electron chi connectivity index (χ4n) is 2.88. The van der Waals surface area contributed by atoms with Gasteiger partial charge >= 0.3 is 0 Å². The second-order valence-corrected chi connectivity index (χ2v) is 5.59. The molecule has 0 radical (unpaired) electrons. The fourth-order valence-corrected chi connectivity index (χ4v) is 2.88. The minimum absolute atomic E-state index is 0.276. The van der Waals surface area contributed by atoms with Crippen LogP contribution in [0.3, 0.4) is 0 Å². The lowest BCUT2D eigenvalue weighted by molar-refractivity contribution is -0.136. The quantitative estimate of drug-likeness (QED) is 0.782. The van der Waals surface area contributed by atoms with Crippen LogP contribution in [0.15, 0.2) is 24.3 Å². The first-order valence-electron chi connectivity index (χ1n) is 6.94. The Morgan fingerprint density at radius 1 is 1.17 bits per heavy atom. The molecule has 0 bridgehead atoms. The summed E-state index contributed by atoms with van der Waals surface area (Å²) in [5.74, 6) is 0.276. The average molecular weight is 245 g/mol. The van der Waals surface area contributed by atoms with E-state index in [1.165, 1.54) is 12.0 Å². The van der Waals surface area contributed by atoms with Crippen LogP contribution in [-0.2, 0) is 11.2 Å². The van der Waals surface area contributed by atoms with Gasteiger partial charge in [0.25, 0.3) is 0 Å². The number of benzene rings is 1. The van der Waals surface area contributed by atoms with Crippen LogP contribution < -0.4 is 0 Å². The number of nitrogens with zero attached hydrogens (tertiary/aromatic N) is 1. The molecule has 1 amide bonds. The van der Waals surface area contributed by atoms with Crippen LogP contribution in [0.5, 0.6) is 0 Å². The molecular weight excluding hydrogens is 222 g/mol. The summed E-state index contributed by atoms with van der Waals surface area (Å²) in [5.41, 5.74) is 2.36. The van der Waals surface area contributed by atoms with Gasteiger partial charge in [0, 0.05) is 12.1 Å². The van der Waals surface area contributed by atoms with E-state index >= 15 is 0 Å². The van der Waals surface area contributed by atoms with E-state index in [1.807, 2.05) is 0 Å². The topological polar surface area (TPSA) is 20.3 Å². The number of rotatable bonds is 2. The molecule has 0 spiro atoms. The third-order valence-electron chi connectivity index (χ3n) is 3.96. The van der Waals surface area contributed by atoms with Crippen LogP contribution in [0, 0.1) is 6.92 Å². The maximum Gasteiger partial charge on any atom is 0.227 e. The van der Waals surface area contributed by atoms with Crippen molar-refractivity contribution in [3.8, 4) is 0 Å². The Kier molecular flexibility index (Phi) is 4.05. The smallest absolute Gasteiger partial charge is 0.227 e. The Balaban J connectivity index is 2.04. The summed E-state index contributed by atoms with van der Waals surface area (Å²) in [6.45, 7) is 6.41. The maximum absolute atomic E-state index is 12.4. The van der Waals surface area contributed by atoms with Gasteiger partial charge in [-0.15, -0.1) is 0 Å². The number of amides is 1. The van der Waals surface area contributed by atoms with Gasteiger partial charge < -0.3 is 4.90 Å². The first-order valence-corrected chi connectivity index (χ1v) is 6.94. The standard InChI is InChI=1S/C16H23NO/c1-12-7-9-15(10-8-12)11-16(18)17-13(2)5-4-6-14(17)3/h7-10,13-14H,4-6,11H2,1-3H3. The van der Waals surface area contributed by atoms with Crippen molar-refractivity contribution in [2.24, 2.45) is 0 Å². The van der Waals surface area contributed by atoms with Crippen LogP contribution in [-0.4, -0.2) is 22.9 Å². The van der Waals surface area contributed by atoms with Crippen molar-refractivity contribution < 1.29 is 4.79 Å². The van der Waals surface area contributed by atoms with Crippen LogP contribution >= 0.6 is 0 Å². The number of carbonyl (C=O) groups excluding carboxylic acids is 1. The van der Waals surface area contributed by atoms with Gasteiger partial charge in [0.05, 0.1) is 6.42 Å². The monoisotopic (exact) mass is 245 g/mol. The predicted octanol–water partition coefficient (Wildman–Crippen LogP) is 3.33. The summed E-state index contributed by atoms with van der Waals surface area (Å²) >= 11 is 0. The van der Waals surface area contributed by atoms with E-state index in [9.17, 15) is 4.79 Å². The molecule has 1 aliphatic rings. The van der Waals surface area contributed by atoms with E-state index in [4.69, 9.17) is 0 Å². The summed E-state index contributed by atoms with van der Waals surface area (Å²) in [4.78, 5) is 14.5. The molecule has 1 aliphatic heterocycles. The van der Waals surface area contributed by atoms with Crippen molar-refractivity contribution in [3.63, 3.8) is 0 Å². The third-order valence-corrected chi connectivity index (χ3v) is 3.96. The van der Waals surface area contributed by atoms with Crippen molar-refractivity contribution >= 4 is 5.91 Å². The zero-order chi connectivity index (χ0) is 13.1. The average Bonchev–Trinajstić information content (AvgIpc) is 2.32.